The van der Waals surface area contributed by atoms with Gasteiger partial charge in [-0.05, 0) is 0 Å². The highest BCUT2D eigenvalue weighted by atomic mass is 35.7. The van der Waals surface area contributed by atoms with Gasteiger partial charge in [-0.25, -0.2) is 8.42 Å². The van der Waals surface area contributed by atoms with E-state index in [1.807, 2.05) is 0 Å². The van der Waals surface area contributed by atoms with Crippen LogP contribution in [0.5, 0.6) is 17.2 Å². The zero-order valence-electron chi connectivity index (χ0n) is 8.40. The van der Waals surface area contributed by atoms with Crippen LogP contribution in [0.25, 0.3) is 0 Å². The highest BCUT2D eigenvalue weighted by molar-refractivity contribution is 8.13. The fourth-order valence-corrected chi connectivity index (χ4v) is 2.39. The van der Waals surface area contributed by atoms with Crippen molar-refractivity contribution in [2.75, 3.05) is 20.3 Å². The molecule has 0 radical (unpaired) electrons. The van der Waals surface area contributed by atoms with Crippen LogP contribution >= 0.6 is 10.7 Å². The number of methoxy groups -OCH3 is 1. The minimum absolute atomic E-state index is 0.124. The van der Waals surface area contributed by atoms with Gasteiger partial charge in [0.25, 0.3) is 9.05 Å². The Morgan fingerprint density at radius 2 is 1.81 bits per heavy atom. The first kappa shape index (κ1) is 11.3. The van der Waals surface area contributed by atoms with E-state index in [1.54, 1.807) is 0 Å². The van der Waals surface area contributed by atoms with Gasteiger partial charge < -0.3 is 14.2 Å². The molecule has 0 aliphatic carbocycles. The second kappa shape index (κ2) is 4.03. The third-order valence-corrected chi connectivity index (χ3v) is 3.43. The van der Waals surface area contributed by atoms with Gasteiger partial charge in [0.2, 0.25) is 0 Å². The second-order valence-corrected chi connectivity index (χ2v) is 5.62. The Balaban J connectivity index is 2.61. The third-order valence-electron chi connectivity index (χ3n) is 2.09. The van der Waals surface area contributed by atoms with Crippen LogP contribution in [0.2, 0.25) is 0 Å². The van der Waals surface area contributed by atoms with E-state index in [2.05, 4.69) is 0 Å². The van der Waals surface area contributed by atoms with Crippen molar-refractivity contribution in [3.05, 3.63) is 12.1 Å². The zero-order valence-corrected chi connectivity index (χ0v) is 9.97. The van der Waals surface area contributed by atoms with Gasteiger partial charge in [-0.1, -0.05) is 0 Å². The predicted octanol–water partition coefficient (Wildman–Crippen LogP) is 1.39. The topological polar surface area (TPSA) is 61.8 Å². The Morgan fingerprint density at radius 1 is 1.25 bits per heavy atom. The molecule has 1 heterocycles. The fraction of sp³-hybridized carbons (Fsp3) is 0.333. The summed E-state index contributed by atoms with van der Waals surface area (Å²) in [5.41, 5.74) is 0. The summed E-state index contributed by atoms with van der Waals surface area (Å²) in [5.74, 6) is 0.942. The lowest BCUT2D eigenvalue weighted by molar-refractivity contribution is 0.170. The molecule has 0 N–H and O–H groups in total. The summed E-state index contributed by atoms with van der Waals surface area (Å²) in [4.78, 5) is -0.124. The monoisotopic (exact) mass is 264 g/mol. The van der Waals surface area contributed by atoms with Crippen LogP contribution in [-0.2, 0) is 9.05 Å². The van der Waals surface area contributed by atoms with Crippen molar-refractivity contribution in [3.63, 3.8) is 0 Å². The Morgan fingerprint density at radius 3 is 2.31 bits per heavy atom. The van der Waals surface area contributed by atoms with Gasteiger partial charge >= 0.3 is 0 Å². The van der Waals surface area contributed by atoms with Crippen molar-refractivity contribution in [2.24, 2.45) is 0 Å². The first-order valence-electron chi connectivity index (χ1n) is 4.44. The van der Waals surface area contributed by atoms with Gasteiger partial charge in [-0.3, -0.25) is 0 Å². The largest absolute Gasteiger partial charge is 0.495 e. The van der Waals surface area contributed by atoms with Gasteiger partial charge in [0.05, 0.1) is 7.11 Å². The lowest BCUT2D eigenvalue weighted by Crippen LogP contribution is -2.15. The highest BCUT2D eigenvalue weighted by Crippen LogP contribution is 2.39. The molecule has 0 amide bonds. The summed E-state index contributed by atoms with van der Waals surface area (Å²) in [6, 6.07) is 2.75. The van der Waals surface area contributed by atoms with Crippen LogP contribution in [0, 0.1) is 0 Å². The van der Waals surface area contributed by atoms with Crippen molar-refractivity contribution in [1.29, 1.82) is 0 Å². The Bertz CT molecular complexity index is 511. The van der Waals surface area contributed by atoms with Gasteiger partial charge in [0, 0.05) is 22.8 Å². The lowest BCUT2D eigenvalue weighted by Gasteiger charge is -2.19. The Kier molecular flexibility index (Phi) is 2.86. The van der Waals surface area contributed by atoms with E-state index in [-0.39, 0.29) is 10.6 Å². The summed E-state index contributed by atoms with van der Waals surface area (Å²) in [6.07, 6.45) is 0. The summed E-state index contributed by atoms with van der Waals surface area (Å²) < 4.78 is 38.1. The Labute approximate surface area is 97.3 Å². The summed E-state index contributed by atoms with van der Waals surface area (Å²) in [5, 5.41) is 0. The van der Waals surface area contributed by atoms with Crippen LogP contribution in [0.15, 0.2) is 17.0 Å². The Hall–Kier alpha value is -1.14. The molecule has 16 heavy (non-hydrogen) atoms. The van der Waals surface area contributed by atoms with Crippen LogP contribution in [0.3, 0.4) is 0 Å². The van der Waals surface area contributed by atoms with Crippen molar-refractivity contribution >= 4 is 19.7 Å². The van der Waals surface area contributed by atoms with E-state index >= 15 is 0 Å². The highest BCUT2D eigenvalue weighted by Gasteiger charge is 2.23. The van der Waals surface area contributed by atoms with Crippen LogP contribution < -0.4 is 14.2 Å². The first-order chi connectivity index (χ1) is 7.52. The number of benzene rings is 1. The van der Waals surface area contributed by atoms with Crippen LogP contribution in [0.4, 0.5) is 0 Å². The molecule has 0 unspecified atom stereocenters. The van der Waals surface area contributed by atoms with Crippen LogP contribution in [-0.4, -0.2) is 28.7 Å². The van der Waals surface area contributed by atoms with Gasteiger partial charge in [-0.15, -0.1) is 0 Å². The van der Waals surface area contributed by atoms with Gasteiger partial charge in [0.1, 0.15) is 23.9 Å². The molecule has 1 aliphatic rings. The number of halogens is 1. The lowest BCUT2D eigenvalue weighted by atomic mass is 10.3. The molecule has 0 saturated carbocycles. The molecule has 1 aromatic carbocycles. The minimum atomic E-state index is -3.87. The van der Waals surface area contributed by atoms with Gasteiger partial charge in [0.15, 0.2) is 11.5 Å². The van der Waals surface area contributed by atoms with E-state index in [0.29, 0.717) is 24.7 Å². The number of fused-ring (bicyclic) bond motifs is 1. The number of hydrogen-bond donors (Lipinski definition) is 0. The molecule has 1 aromatic rings. The molecule has 1 aliphatic heterocycles. The van der Waals surface area contributed by atoms with E-state index in [1.165, 1.54) is 19.2 Å². The molecule has 0 aromatic heterocycles. The second-order valence-electron chi connectivity index (χ2n) is 3.08. The average molecular weight is 265 g/mol. The molecule has 5 nitrogen and oxygen atoms in total. The number of rotatable bonds is 2. The van der Waals surface area contributed by atoms with E-state index < -0.39 is 9.05 Å². The molecule has 0 spiro atoms. The van der Waals surface area contributed by atoms with Crippen molar-refractivity contribution < 1.29 is 22.6 Å². The molecule has 0 atom stereocenters. The summed E-state index contributed by atoms with van der Waals surface area (Å²) in [6.45, 7) is 0.796. The predicted molar refractivity (Wildman–Crippen MR) is 57.0 cm³/mol. The fourth-order valence-electron chi connectivity index (χ4n) is 1.40. The molecular formula is C9H9ClO5S. The number of hydrogen-bond acceptors (Lipinski definition) is 5. The minimum Gasteiger partial charge on any atom is -0.495 e. The van der Waals surface area contributed by atoms with Crippen molar-refractivity contribution in [3.8, 4) is 17.2 Å². The van der Waals surface area contributed by atoms with Gasteiger partial charge in [-0.2, -0.15) is 0 Å². The standard InChI is InChI=1S/C9H9ClO5S/c1-13-8-4-6-7(15-3-2-14-6)5-9(8)16(10,11)12/h4-5H,2-3H2,1H3. The SMILES string of the molecule is COc1cc2c(cc1S(=O)(=O)Cl)OCCO2. The van der Waals surface area contributed by atoms with E-state index in [0.717, 1.165) is 0 Å². The van der Waals surface area contributed by atoms with E-state index in [4.69, 9.17) is 24.9 Å². The number of ether oxygens (including phenoxy) is 3. The maximum Gasteiger partial charge on any atom is 0.265 e. The third kappa shape index (κ3) is 2.03. The molecule has 0 fully saturated rings. The van der Waals surface area contributed by atoms with Crippen LogP contribution in [0.1, 0.15) is 0 Å². The van der Waals surface area contributed by atoms with E-state index in [9.17, 15) is 8.42 Å². The van der Waals surface area contributed by atoms with Crippen molar-refractivity contribution in [2.45, 2.75) is 4.90 Å². The zero-order chi connectivity index (χ0) is 11.8. The summed E-state index contributed by atoms with van der Waals surface area (Å²) in [7, 11) is 2.77. The molecule has 7 heteroatoms. The molecule has 88 valence electrons. The first-order valence-corrected chi connectivity index (χ1v) is 6.75. The maximum absolute atomic E-state index is 11.3. The summed E-state index contributed by atoms with van der Waals surface area (Å²) >= 11 is 0. The maximum atomic E-state index is 11.3. The normalized spacial score (nSPS) is 14.6. The smallest absolute Gasteiger partial charge is 0.265 e. The average Bonchev–Trinajstić information content (AvgIpc) is 2.26. The molecule has 0 saturated heterocycles. The molecule has 0 bridgehead atoms. The molecular weight excluding hydrogens is 256 g/mol. The molecule has 2 rings (SSSR count). The van der Waals surface area contributed by atoms with Crippen molar-refractivity contribution in [1.82, 2.24) is 0 Å². The quantitative estimate of drug-likeness (QED) is 0.756.